The van der Waals surface area contributed by atoms with Crippen molar-refractivity contribution in [1.29, 1.82) is 0 Å². The number of methoxy groups -OCH3 is 1. The molecule has 0 spiro atoms. The largest absolute Gasteiger partial charge is 0.511 e. The number of carbonyl (C=O) groups excluding carboxylic acids is 2. The Morgan fingerprint density at radius 1 is 1.40 bits per heavy atom. The van der Waals surface area contributed by atoms with Gasteiger partial charge in [0.05, 0.1) is 13.2 Å². The fourth-order valence-electron chi connectivity index (χ4n) is 3.04. The number of fused-ring (bicyclic) bond motifs is 3. The van der Waals surface area contributed by atoms with Crippen LogP contribution in [0.15, 0.2) is 36.1 Å². The number of esters is 1. The maximum atomic E-state index is 12.0. The summed E-state index contributed by atoms with van der Waals surface area (Å²) in [7, 11) is 1.28. The van der Waals surface area contributed by atoms with E-state index < -0.39 is 17.9 Å². The number of aliphatic hydroxyl groups excluding tert-OH is 1. The van der Waals surface area contributed by atoms with Gasteiger partial charge >= 0.3 is 5.97 Å². The van der Waals surface area contributed by atoms with Crippen molar-refractivity contribution < 1.29 is 19.4 Å². The number of ether oxygens (including phenoxy) is 1. The van der Waals surface area contributed by atoms with Crippen LogP contribution >= 0.6 is 0 Å². The molecule has 2 unspecified atom stereocenters. The lowest BCUT2D eigenvalue weighted by Crippen LogP contribution is -2.48. The second-order valence-electron chi connectivity index (χ2n) is 5.00. The van der Waals surface area contributed by atoms with Crippen LogP contribution in [-0.2, 0) is 20.7 Å². The lowest BCUT2D eigenvalue weighted by atomic mass is 9.81. The number of carbonyl (C=O) groups is 2. The molecule has 2 aliphatic rings. The Labute approximate surface area is 116 Å². The quantitative estimate of drug-likeness (QED) is 0.784. The minimum atomic E-state index is -0.848. The molecule has 0 bridgehead atoms. The first kappa shape index (κ1) is 12.7. The Kier molecular flexibility index (Phi) is 2.97. The predicted octanol–water partition coefficient (Wildman–Crippen LogP) is 1.36. The smallest absolute Gasteiger partial charge is 0.318 e. The van der Waals surface area contributed by atoms with E-state index in [0.717, 1.165) is 23.6 Å². The van der Waals surface area contributed by atoms with Crippen LogP contribution in [0.1, 0.15) is 17.2 Å². The first-order valence-electron chi connectivity index (χ1n) is 6.50. The van der Waals surface area contributed by atoms with Gasteiger partial charge in [0.15, 0.2) is 0 Å². The van der Waals surface area contributed by atoms with Crippen molar-refractivity contribution in [3.05, 3.63) is 47.2 Å². The van der Waals surface area contributed by atoms with E-state index in [1.165, 1.54) is 7.11 Å². The van der Waals surface area contributed by atoms with Crippen molar-refractivity contribution in [2.45, 2.75) is 12.5 Å². The molecule has 2 aliphatic heterocycles. The van der Waals surface area contributed by atoms with Gasteiger partial charge in [-0.25, -0.2) is 0 Å². The van der Waals surface area contributed by atoms with Crippen molar-refractivity contribution in [3.63, 3.8) is 0 Å². The Balaban J connectivity index is 2.14. The highest BCUT2D eigenvalue weighted by molar-refractivity contribution is 5.93. The molecular formula is C15H15NO4. The minimum absolute atomic E-state index is 0.222. The summed E-state index contributed by atoms with van der Waals surface area (Å²) in [4.78, 5) is 25.7. The van der Waals surface area contributed by atoms with Crippen LogP contribution in [0.2, 0.25) is 0 Å². The summed E-state index contributed by atoms with van der Waals surface area (Å²) in [5.41, 5.74) is 2.01. The van der Waals surface area contributed by atoms with Crippen molar-refractivity contribution in [2.75, 3.05) is 13.7 Å². The Morgan fingerprint density at radius 2 is 2.15 bits per heavy atom. The number of aliphatic hydroxyl groups is 1. The summed E-state index contributed by atoms with van der Waals surface area (Å²) < 4.78 is 4.78. The maximum Gasteiger partial charge on any atom is 0.318 e. The average Bonchev–Trinajstić information content (AvgIpc) is 2.46. The van der Waals surface area contributed by atoms with E-state index in [2.05, 4.69) is 0 Å². The number of rotatable bonds is 1. The van der Waals surface area contributed by atoms with Gasteiger partial charge in [0.2, 0.25) is 0 Å². The monoisotopic (exact) mass is 273 g/mol. The zero-order chi connectivity index (χ0) is 14.3. The Hall–Kier alpha value is -2.30. The molecule has 2 heterocycles. The van der Waals surface area contributed by atoms with Crippen molar-refractivity contribution in [1.82, 2.24) is 4.90 Å². The predicted molar refractivity (Wildman–Crippen MR) is 70.8 cm³/mol. The summed E-state index contributed by atoms with van der Waals surface area (Å²) in [5.74, 6) is -1.86. The van der Waals surface area contributed by atoms with Gasteiger partial charge in [-0.15, -0.1) is 0 Å². The van der Waals surface area contributed by atoms with Crippen LogP contribution in [0.5, 0.6) is 0 Å². The first-order chi connectivity index (χ1) is 9.63. The van der Waals surface area contributed by atoms with E-state index in [9.17, 15) is 14.7 Å². The summed E-state index contributed by atoms with van der Waals surface area (Å²) in [6, 6.07) is 7.21. The molecule has 0 radical (unpaired) electrons. The van der Waals surface area contributed by atoms with Gasteiger partial charge in [0.1, 0.15) is 11.7 Å². The number of amides is 1. The zero-order valence-electron chi connectivity index (χ0n) is 11.1. The first-order valence-corrected chi connectivity index (χ1v) is 6.50. The van der Waals surface area contributed by atoms with Crippen molar-refractivity contribution in [2.24, 2.45) is 5.92 Å². The normalized spacial score (nSPS) is 24.6. The molecule has 5 heteroatoms. The molecule has 5 nitrogen and oxygen atoms in total. The van der Waals surface area contributed by atoms with Crippen LogP contribution < -0.4 is 0 Å². The molecule has 1 aromatic carbocycles. The van der Waals surface area contributed by atoms with Crippen LogP contribution in [0.4, 0.5) is 0 Å². The third kappa shape index (κ3) is 1.78. The van der Waals surface area contributed by atoms with E-state index in [1.807, 2.05) is 24.3 Å². The summed E-state index contributed by atoms with van der Waals surface area (Å²) in [6.07, 6.45) is 1.87. The number of hydrogen-bond donors (Lipinski definition) is 1. The van der Waals surface area contributed by atoms with Gasteiger partial charge in [0.25, 0.3) is 5.91 Å². The summed E-state index contributed by atoms with van der Waals surface area (Å²) >= 11 is 0. The lowest BCUT2D eigenvalue weighted by Gasteiger charge is -2.42. The fourth-order valence-corrected chi connectivity index (χ4v) is 3.04. The van der Waals surface area contributed by atoms with Gasteiger partial charge in [-0.05, 0) is 17.5 Å². The molecule has 0 aromatic heterocycles. The molecule has 2 atom stereocenters. The molecule has 1 aromatic rings. The van der Waals surface area contributed by atoms with Gasteiger partial charge in [-0.1, -0.05) is 24.3 Å². The fraction of sp³-hybridized carbons (Fsp3) is 0.333. The molecule has 0 fully saturated rings. The van der Waals surface area contributed by atoms with Crippen molar-refractivity contribution in [3.8, 4) is 0 Å². The maximum absolute atomic E-state index is 12.0. The molecule has 104 valence electrons. The van der Waals surface area contributed by atoms with Gasteiger partial charge in [-0.3, -0.25) is 9.59 Å². The summed E-state index contributed by atoms with van der Waals surface area (Å²) in [5, 5.41) is 10.0. The number of hydrogen-bond acceptors (Lipinski definition) is 4. The average molecular weight is 273 g/mol. The molecular weight excluding hydrogens is 258 g/mol. The van der Waals surface area contributed by atoms with E-state index in [0.29, 0.717) is 6.54 Å². The third-order valence-corrected chi connectivity index (χ3v) is 3.98. The van der Waals surface area contributed by atoms with Crippen LogP contribution in [-0.4, -0.2) is 35.5 Å². The van der Waals surface area contributed by atoms with Crippen molar-refractivity contribution >= 4 is 11.9 Å². The molecule has 1 amide bonds. The van der Waals surface area contributed by atoms with E-state index >= 15 is 0 Å². The highest BCUT2D eigenvalue weighted by atomic mass is 16.5. The Bertz CT molecular complexity index is 608. The molecule has 0 saturated carbocycles. The number of benzene rings is 1. The molecule has 0 aliphatic carbocycles. The topological polar surface area (TPSA) is 66.8 Å². The van der Waals surface area contributed by atoms with Gasteiger partial charge < -0.3 is 14.7 Å². The lowest BCUT2D eigenvalue weighted by molar-refractivity contribution is -0.150. The van der Waals surface area contributed by atoms with E-state index in [1.54, 1.807) is 4.90 Å². The SMILES string of the molecule is COC(=O)C1C(O)=CC(=O)N2CCc3ccccc3C12. The van der Waals surface area contributed by atoms with Gasteiger partial charge in [-0.2, -0.15) is 0 Å². The van der Waals surface area contributed by atoms with Crippen LogP contribution in [0.3, 0.4) is 0 Å². The molecule has 3 rings (SSSR count). The highest BCUT2D eigenvalue weighted by Crippen LogP contribution is 2.41. The third-order valence-electron chi connectivity index (χ3n) is 3.98. The van der Waals surface area contributed by atoms with Gasteiger partial charge in [0, 0.05) is 12.6 Å². The van der Waals surface area contributed by atoms with E-state index in [-0.39, 0.29) is 11.7 Å². The van der Waals surface area contributed by atoms with Crippen LogP contribution in [0, 0.1) is 5.92 Å². The number of nitrogens with zero attached hydrogens (tertiary/aromatic N) is 1. The van der Waals surface area contributed by atoms with Crippen LogP contribution in [0.25, 0.3) is 0 Å². The molecule has 20 heavy (non-hydrogen) atoms. The second kappa shape index (κ2) is 4.67. The molecule has 0 saturated heterocycles. The Morgan fingerprint density at radius 3 is 2.90 bits per heavy atom. The molecule has 1 N–H and O–H groups in total. The standard InChI is InChI=1S/C15H15NO4/c1-20-15(19)13-11(17)8-12(18)16-7-6-9-4-2-3-5-10(9)14(13)16/h2-5,8,13-14,17H,6-7H2,1H3. The van der Waals surface area contributed by atoms with E-state index in [4.69, 9.17) is 4.74 Å². The minimum Gasteiger partial charge on any atom is -0.511 e. The highest BCUT2D eigenvalue weighted by Gasteiger charge is 2.45. The zero-order valence-corrected chi connectivity index (χ0v) is 11.1. The summed E-state index contributed by atoms with van der Waals surface area (Å²) in [6.45, 7) is 0.539. The second-order valence-corrected chi connectivity index (χ2v) is 5.00.